The summed E-state index contributed by atoms with van der Waals surface area (Å²) in [5, 5.41) is 0. The molecule has 1 aliphatic heterocycles. The Labute approximate surface area is 70.2 Å². The molecule has 0 N–H and O–H groups in total. The van der Waals surface area contributed by atoms with Gasteiger partial charge < -0.3 is 4.90 Å². The van der Waals surface area contributed by atoms with E-state index in [0.717, 1.165) is 5.92 Å². The molecule has 1 fully saturated rings. The first-order valence-electron chi connectivity index (χ1n) is 3.76. The van der Waals surface area contributed by atoms with Crippen LogP contribution in [0.1, 0.15) is 27.2 Å². The maximum Gasteiger partial charge on any atom is 0.0176 e. The van der Waals surface area contributed by atoms with Crippen LogP contribution >= 0.6 is 12.4 Å². The first-order valence-corrected chi connectivity index (χ1v) is 3.76. The molecule has 0 aromatic rings. The van der Waals surface area contributed by atoms with E-state index >= 15 is 0 Å². The van der Waals surface area contributed by atoms with Crippen molar-refractivity contribution in [1.29, 1.82) is 0 Å². The highest BCUT2D eigenvalue weighted by atomic mass is 35.5. The van der Waals surface area contributed by atoms with Gasteiger partial charge in [-0.2, -0.15) is 0 Å². The quantitative estimate of drug-likeness (QED) is 0.529. The fourth-order valence-corrected chi connectivity index (χ4v) is 1.40. The van der Waals surface area contributed by atoms with Crippen LogP contribution in [0, 0.1) is 5.92 Å². The van der Waals surface area contributed by atoms with Crippen LogP contribution in [0.15, 0.2) is 0 Å². The molecule has 1 unspecified atom stereocenters. The molecule has 0 aromatic carbocycles. The Balaban J connectivity index is 0.000000810. The zero-order chi connectivity index (χ0) is 7.07. The number of nitrogens with zero attached hydrogens (tertiary/aromatic N) is 1. The van der Waals surface area contributed by atoms with Crippen molar-refractivity contribution in [1.82, 2.24) is 4.90 Å². The van der Waals surface area contributed by atoms with Gasteiger partial charge in [0.05, 0.1) is 0 Å². The predicted molar refractivity (Wildman–Crippen MR) is 47.7 cm³/mol. The summed E-state index contributed by atoms with van der Waals surface area (Å²) in [6, 6.07) is 0. The van der Waals surface area contributed by atoms with Crippen molar-refractivity contribution in [2.24, 2.45) is 5.92 Å². The minimum absolute atomic E-state index is 0. The lowest BCUT2D eigenvalue weighted by Gasteiger charge is -2.31. The van der Waals surface area contributed by atoms with Crippen LogP contribution in [0.25, 0.3) is 0 Å². The lowest BCUT2D eigenvalue weighted by atomic mass is 9.91. The molecule has 0 amide bonds. The first-order chi connectivity index (χ1) is 4.05. The third-order valence-electron chi connectivity index (χ3n) is 3.09. The van der Waals surface area contributed by atoms with Crippen LogP contribution in [0.5, 0.6) is 0 Å². The summed E-state index contributed by atoms with van der Waals surface area (Å²) in [7, 11) is 2.21. The summed E-state index contributed by atoms with van der Waals surface area (Å²) in [6.45, 7) is 8.26. The minimum Gasteiger partial charge on any atom is -0.301 e. The van der Waals surface area contributed by atoms with Crippen molar-refractivity contribution in [2.45, 2.75) is 32.7 Å². The lowest BCUT2D eigenvalue weighted by Crippen LogP contribution is -2.38. The van der Waals surface area contributed by atoms with E-state index in [1.165, 1.54) is 13.0 Å². The fraction of sp³-hybridized carbons (Fsp3) is 1.00. The monoisotopic (exact) mass is 163 g/mol. The van der Waals surface area contributed by atoms with Gasteiger partial charge in [0.1, 0.15) is 0 Å². The molecule has 1 nitrogen and oxygen atoms in total. The summed E-state index contributed by atoms with van der Waals surface area (Å²) in [5.41, 5.74) is 0.444. The molecule has 0 aliphatic carbocycles. The third-order valence-corrected chi connectivity index (χ3v) is 3.09. The van der Waals surface area contributed by atoms with Gasteiger partial charge in [0, 0.05) is 5.54 Å². The average molecular weight is 164 g/mol. The molecular weight excluding hydrogens is 146 g/mol. The number of halogens is 1. The van der Waals surface area contributed by atoms with Gasteiger partial charge in [-0.3, -0.25) is 0 Å². The highest BCUT2D eigenvalue weighted by molar-refractivity contribution is 5.85. The van der Waals surface area contributed by atoms with Gasteiger partial charge in [-0.05, 0) is 39.8 Å². The van der Waals surface area contributed by atoms with Gasteiger partial charge in [-0.1, -0.05) is 6.92 Å². The molecule has 0 bridgehead atoms. The summed E-state index contributed by atoms with van der Waals surface area (Å²) in [6.07, 6.45) is 1.36. The molecule has 1 atom stereocenters. The largest absolute Gasteiger partial charge is 0.301 e. The Hall–Kier alpha value is 0.250. The molecule has 2 heteroatoms. The number of hydrogen-bond donors (Lipinski definition) is 0. The van der Waals surface area contributed by atoms with E-state index < -0.39 is 0 Å². The van der Waals surface area contributed by atoms with Gasteiger partial charge in [0.2, 0.25) is 0 Å². The van der Waals surface area contributed by atoms with Crippen LogP contribution in [0.2, 0.25) is 0 Å². The van der Waals surface area contributed by atoms with Crippen LogP contribution < -0.4 is 0 Å². The molecule has 1 aliphatic rings. The summed E-state index contributed by atoms with van der Waals surface area (Å²) < 4.78 is 0. The highest BCUT2D eigenvalue weighted by Gasteiger charge is 2.35. The molecule has 0 spiro atoms. The van der Waals surface area contributed by atoms with Crippen LogP contribution in [0.4, 0.5) is 0 Å². The summed E-state index contributed by atoms with van der Waals surface area (Å²) >= 11 is 0. The Kier molecular flexibility index (Phi) is 3.18. The second kappa shape index (κ2) is 3.10. The summed E-state index contributed by atoms with van der Waals surface area (Å²) in [5.74, 6) is 0.863. The van der Waals surface area contributed by atoms with Gasteiger partial charge in [-0.25, -0.2) is 0 Å². The van der Waals surface area contributed by atoms with E-state index in [1.807, 2.05) is 0 Å². The van der Waals surface area contributed by atoms with E-state index in [9.17, 15) is 0 Å². The average Bonchev–Trinajstić information content (AvgIpc) is 1.96. The molecule has 0 saturated carbocycles. The Morgan fingerprint density at radius 3 is 2.00 bits per heavy atom. The van der Waals surface area contributed by atoms with Crippen LogP contribution in [0.3, 0.4) is 0 Å². The number of hydrogen-bond acceptors (Lipinski definition) is 1. The molecule has 10 heavy (non-hydrogen) atoms. The topological polar surface area (TPSA) is 3.24 Å². The Bertz CT molecular complexity index is 99.8. The van der Waals surface area contributed by atoms with Crippen LogP contribution in [-0.4, -0.2) is 24.0 Å². The van der Waals surface area contributed by atoms with Crippen molar-refractivity contribution in [3.05, 3.63) is 0 Å². The summed E-state index contributed by atoms with van der Waals surface area (Å²) in [4.78, 5) is 2.44. The standard InChI is InChI=1S/C8H17N.ClH/c1-7-5-6-9(4)8(7,2)3;/h7H,5-6H2,1-4H3;1H. The smallest absolute Gasteiger partial charge is 0.0176 e. The van der Waals surface area contributed by atoms with E-state index in [0.29, 0.717) is 5.54 Å². The lowest BCUT2D eigenvalue weighted by molar-refractivity contribution is 0.180. The van der Waals surface area contributed by atoms with E-state index in [1.54, 1.807) is 0 Å². The van der Waals surface area contributed by atoms with E-state index in [-0.39, 0.29) is 12.4 Å². The predicted octanol–water partition coefficient (Wildman–Crippen LogP) is 2.16. The van der Waals surface area contributed by atoms with Gasteiger partial charge in [0.15, 0.2) is 0 Å². The van der Waals surface area contributed by atoms with E-state index in [2.05, 4.69) is 32.7 Å². The fourth-order valence-electron chi connectivity index (χ4n) is 1.40. The number of rotatable bonds is 0. The molecule has 1 heterocycles. The minimum atomic E-state index is 0. The van der Waals surface area contributed by atoms with Crippen molar-refractivity contribution in [2.75, 3.05) is 13.6 Å². The maximum absolute atomic E-state index is 2.44. The Morgan fingerprint density at radius 1 is 1.40 bits per heavy atom. The van der Waals surface area contributed by atoms with Gasteiger partial charge in [-0.15, -0.1) is 12.4 Å². The molecule has 0 aromatic heterocycles. The normalized spacial score (nSPS) is 31.8. The Morgan fingerprint density at radius 2 is 1.90 bits per heavy atom. The molecule has 1 saturated heterocycles. The van der Waals surface area contributed by atoms with Gasteiger partial charge in [0.25, 0.3) is 0 Å². The maximum atomic E-state index is 2.44. The second-order valence-electron chi connectivity index (χ2n) is 3.76. The van der Waals surface area contributed by atoms with Crippen molar-refractivity contribution in [3.63, 3.8) is 0 Å². The second-order valence-corrected chi connectivity index (χ2v) is 3.76. The molecular formula is C8H18ClN. The molecule has 62 valence electrons. The van der Waals surface area contributed by atoms with E-state index in [4.69, 9.17) is 0 Å². The first kappa shape index (κ1) is 10.2. The zero-order valence-electron chi connectivity index (χ0n) is 7.35. The zero-order valence-corrected chi connectivity index (χ0v) is 8.16. The van der Waals surface area contributed by atoms with Crippen LogP contribution in [-0.2, 0) is 0 Å². The third kappa shape index (κ3) is 1.46. The van der Waals surface area contributed by atoms with Crippen molar-refractivity contribution in [3.8, 4) is 0 Å². The van der Waals surface area contributed by atoms with Gasteiger partial charge >= 0.3 is 0 Å². The number of likely N-dealkylation sites (tertiary alicyclic amines) is 1. The highest BCUT2D eigenvalue weighted by Crippen LogP contribution is 2.31. The van der Waals surface area contributed by atoms with Crippen molar-refractivity contribution < 1.29 is 0 Å². The van der Waals surface area contributed by atoms with Crippen molar-refractivity contribution >= 4 is 12.4 Å². The SMILES string of the molecule is CC1CCN(C)C1(C)C.Cl. The molecule has 0 radical (unpaired) electrons. The molecule has 1 rings (SSSR count).